The SMILES string of the molecule is NC(=O)c1ccc(-c2ccc(F)c(N3CCC4(CC3)CCN([C@H]3CC[C@@H](O)CC3)C4=O)c2)cc1. The van der Waals surface area contributed by atoms with Gasteiger partial charge in [0.15, 0.2) is 0 Å². The number of benzene rings is 2. The minimum atomic E-state index is -0.477. The Bertz CT molecular complexity index is 1070. The second-order valence-electron chi connectivity index (χ2n) is 10.1. The van der Waals surface area contributed by atoms with Crippen molar-refractivity contribution in [2.75, 3.05) is 24.5 Å². The molecule has 34 heavy (non-hydrogen) atoms. The summed E-state index contributed by atoms with van der Waals surface area (Å²) in [5.41, 5.74) is 7.75. The first kappa shape index (κ1) is 22.8. The number of nitrogens with zero attached hydrogens (tertiary/aromatic N) is 2. The molecule has 0 aromatic heterocycles. The smallest absolute Gasteiger partial charge is 0.248 e. The lowest BCUT2D eigenvalue weighted by atomic mass is 9.76. The van der Waals surface area contributed by atoms with Crippen molar-refractivity contribution in [2.45, 2.75) is 57.1 Å². The van der Waals surface area contributed by atoms with Gasteiger partial charge in [0.25, 0.3) is 0 Å². The minimum absolute atomic E-state index is 0.224. The monoisotopic (exact) mass is 465 g/mol. The molecule has 3 fully saturated rings. The van der Waals surface area contributed by atoms with Gasteiger partial charge in [-0.2, -0.15) is 0 Å². The number of primary amides is 1. The fourth-order valence-electron chi connectivity index (χ4n) is 5.97. The van der Waals surface area contributed by atoms with E-state index in [0.717, 1.165) is 62.6 Å². The van der Waals surface area contributed by atoms with Crippen LogP contribution in [-0.2, 0) is 4.79 Å². The van der Waals surface area contributed by atoms with Crippen molar-refractivity contribution in [1.82, 2.24) is 4.90 Å². The summed E-state index contributed by atoms with van der Waals surface area (Å²) in [6.07, 6.45) is 5.42. The lowest BCUT2D eigenvalue weighted by Crippen LogP contribution is -2.47. The third-order valence-electron chi connectivity index (χ3n) is 8.16. The first-order chi connectivity index (χ1) is 16.4. The van der Waals surface area contributed by atoms with Crippen LogP contribution in [0.1, 0.15) is 55.3 Å². The molecule has 2 amide bonds. The van der Waals surface area contributed by atoms with Gasteiger partial charge in [-0.15, -0.1) is 0 Å². The van der Waals surface area contributed by atoms with Gasteiger partial charge >= 0.3 is 0 Å². The fraction of sp³-hybridized carbons (Fsp3) is 0.481. The van der Waals surface area contributed by atoms with Crippen molar-refractivity contribution < 1.29 is 19.1 Å². The second-order valence-corrected chi connectivity index (χ2v) is 10.1. The average molecular weight is 466 g/mol. The van der Waals surface area contributed by atoms with Crippen LogP contribution in [0.5, 0.6) is 0 Å². The van der Waals surface area contributed by atoms with E-state index in [9.17, 15) is 19.1 Å². The van der Waals surface area contributed by atoms with Crippen molar-refractivity contribution in [2.24, 2.45) is 11.1 Å². The molecule has 2 aromatic carbocycles. The predicted octanol–water partition coefficient (Wildman–Crippen LogP) is 3.71. The first-order valence-corrected chi connectivity index (χ1v) is 12.3. The molecule has 0 unspecified atom stereocenters. The fourth-order valence-corrected chi connectivity index (χ4v) is 5.97. The van der Waals surface area contributed by atoms with Crippen molar-refractivity contribution in [3.05, 3.63) is 53.8 Å². The third-order valence-corrected chi connectivity index (χ3v) is 8.16. The Morgan fingerprint density at radius 3 is 2.21 bits per heavy atom. The van der Waals surface area contributed by atoms with E-state index in [4.69, 9.17) is 5.73 Å². The molecule has 1 aliphatic carbocycles. The first-order valence-electron chi connectivity index (χ1n) is 12.3. The molecule has 3 N–H and O–H groups in total. The summed E-state index contributed by atoms with van der Waals surface area (Å²) in [5.74, 6) is -0.486. The van der Waals surface area contributed by atoms with E-state index in [2.05, 4.69) is 9.80 Å². The Kier molecular flexibility index (Phi) is 6.06. The molecule has 0 atom stereocenters. The molecule has 2 saturated heterocycles. The molecule has 1 saturated carbocycles. The lowest BCUT2D eigenvalue weighted by Gasteiger charge is -2.40. The van der Waals surface area contributed by atoms with E-state index in [1.165, 1.54) is 6.07 Å². The molecule has 2 aromatic rings. The highest BCUT2D eigenvalue weighted by atomic mass is 19.1. The zero-order valence-corrected chi connectivity index (χ0v) is 19.4. The molecule has 2 aliphatic heterocycles. The average Bonchev–Trinajstić information content (AvgIpc) is 3.16. The number of piperidine rings is 1. The number of aliphatic hydroxyl groups is 1. The van der Waals surface area contributed by atoms with Crippen LogP contribution in [0.15, 0.2) is 42.5 Å². The maximum absolute atomic E-state index is 14.8. The second kappa shape index (κ2) is 9.02. The third kappa shape index (κ3) is 4.17. The number of hydrogen-bond acceptors (Lipinski definition) is 4. The number of hydrogen-bond donors (Lipinski definition) is 2. The number of halogens is 1. The van der Waals surface area contributed by atoms with Crippen LogP contribution in [0.4, 0.5) is 10.1 Å². The summed E-state index contributed by atoms with van der Waals surface area (Å²) in [6, 6.07) is 12.3. The van der Waals surface area contributed by atoms with Crippen molar-refractivity contribution in [3.63, 3.8) is 0 Å². The number of carbonyl (C=O) groups excluding carboxylic acids is 2. The van der Waals surface area contributed by atoms with Gasteiger partial charge < -0.3 is 20.6 Å². The molecule has 1 spiro atoms. The number of likely N-dealkylation sites (tertiary alicyclic amines) is 1. The number of carbonyl (C=O) groups is 2. The summed E-state index contributed by atoms with van der Waals surface area (Å²) < 4.78 is 14.8. The molecular formula is C27H32FN3O3. The molecule has 3 aliphatic rings. The summed E-state index contributed by atoms with van der Waals surface area (Å²) in [5, 5.41) is 9.81. The van der Waals surface area contributed by atoms with E-state index >= 15 is 0 Å². The summed E-state index contributed by atoms with van der Waals surface area (Å²) >= 11 is 0. The Morgan fingerprint density at radius 2 is 1.56 bits per heavy atom. The Labute approximate surface area is 199 Å². The van der Waals surface area contributed by atoms with Gasteiger partial charge in [0.1, 0.15) is 5.82 Å². The summed E-state index contributed by atoms with van der Waals surface area (Å²) in [4.78, 5) is 28.9. The van der Waals surface area contributed by atoms with Crippen LogP contribution >= 0.6 is 0 Å². The molecule has 180 valence electrons. The van der Waals surface area contributed by atoms with Gasteiger partial charge in [0.05, 0.1) is 17.2 Å². The highest BCUT2D eigenvalue weighted by Gasteiger charge is 2.50. The van der Waals surface area contributed by atoms with E-state index in [0.29, 0.717) is 24.3 Å². The van der Waals surface area contributed by atoms with E-state index < -0.39 is 5.91 Å². The van der Waals surface area contributed by atoms with Crippen molar-refractivity contribution in [3.8, 4) is 11.1 Å². The predicted molar refractivity (Wildman–Crippen MR) is 129 cm³/mol. The van der Waals surface area contributed by atoms with Crippen LogP contribution in [0.2, 0.25) is 0 Å². The van der Waals surface area contributed by atoms with Crippen LogP contribution in [-0.4, -0.2) is 53.6 Å². The van der Waals surface area contributed by atoms with Gasteiger partial charge in [0, 0.05) is 31.2 Å². The standard InChI is InChI=1S/C27H32FN3O3/c28-23-10-5-20(18-1-3-19(4-2-18)25(29)33)17-24(23)30-14-11-27(12-15-30)13-16-31(26(27)34)21-6-8-22(32)9-7-21/h1-5,10,17,21-22,32H,6-9,11-16H2,(H2,29,33)/t21-,22+. The van der Waals surface area contributed by atoms with Gasteiger partial charge in [-0.05, 0) is 80.3 Å². The van der Waals surface area contributed by atoms with E-state index in [1.54, 1.807) is 18.2 Å². The van der Waals surface area contributed by atoms with Crippen molar-refractivity contribution in [1.29, 1.82) is 0 Å². The molecule has 0 bridgehead atoms. The summed E-state index contributed by atoms with van der Waals surface area (Å²) in [7, 11) is 0. The maximum Gasteiger partial charge on any atom is 0.248 e. The Hall–Kier alpha value is -2.93. The number of rotatable bonds is 4. The van der Waals surface area contributed by atoms with Gasteiger partial charge in [-0.3, -0.25) is 9.59 Å². The highest BCUT2D eigenvalue weighted by Crippen LogP contribution is 2.44. The minimum Gasteiger partial charge on any atom is -0.393 e. The van der Waals surface area contributed by atoms with Crippen LogP contribution < -0.4 is 10.6 Å². The Balaban J connectivity index is 1.28. The zero-order chi connectivity index (χ0) is 23.9. The highest BCUT2D eigenvalue weighted by molar-refractivity contribution is 5.93. The van der Waals surface area contributed by atoms with Crippen LogP contribution in [0.25, 0.3) is 11.1 Å². The molecule has 0 radical (unpaired) electrons. The quantitative estimate of drug-likeness (QED) is 0.721. The van der Waals surface area contributed by atoms with Crippen LogP contribution in [0.3, 0.4) is 0 Å². The molecule has 5 rings (SSSR count). The summed E-state index contributed by atoms with van der Waals surface area (Å²) in [6.45, 7) is 2.08. The van der Waals surface area contributed by atoms with Crippen LogP contribution in [0, 0.1) is 11.2 Å². The number of nitrogens with two attached hydrogens (primary N) is 1. The molecule has 7 heteroatoms. The van der Waals surface area contributed by atoms with E-state index in [1.807, 2.05) is 18.2 Å². The molecule has 2 heterocycles. The lowest BCUT2D eigenvalue weighted by molar-refractivity contribution is -0.139. The maximum atomic E-state index is 14.8. The number of aliphatic hydroxyl groups excluding tert-OH is 1. The van der Waals surface area contributed by atoms with Gasteiger partial charge in [0.2, 0.25) is 11.8 Å². The van der Waals surface area contributed by atoms with Gasteiger partial charge in [-0.1, -0.05) is 18.2 Å². The topological polar surface area (TPSA) is 86.9 Å². The van der Waals surface area contributed by atoms with Gasteiger partial charge in [-0.25, -0.2) is 4.39 Å². The Morgan fingerprint density at radius 1 is 0.941 bits per heavy atom. The normalized spacial score (nSPS) is 24.6. The number of amides is 2. The largest absolute Gasteiger partial charge is 0.393 e. The van der Waals surface area contributed by atoms with Crippen molar-refractivity contribution >= 4 is 17.5 Å². The van der Waals surface area contributed by atoms with E-state index in [-0.39, 0.29) is 29.3 Å². The number of anilines is 1. The zero-order valence-electron chi connectivity index (χ0n) is 19.4. The molecular weight excluding hydrogens is 433 g/mol. The molecule has 6 nitrogen and oxygen atoms in total.